The molecule has 0 amide bonds. The van der Waals surface area contributed by atoms with Crippen molar-refractivity contribution in [2.75, 3.05) is 6.54 Å². The molecule has 4 nitrogen and oxygen atoms in total. The molecule has 0 aliphatic rings. The summed E-state index contributed by atoms with van der Waals surface area (Å²) in [6.45, 7) is 5.28. The van der Waals surface area contributed by atoms with Gasteiger partial charge < -0.3 is 10.6 Å². The SMILES string of the molecule is CCNC(=NCc1cccc(C)c1)NCc1nc(C(F)(F)F)cs1. The van der Waals surface area contributed by atoms with Gasteiger partial charge in [0.2, 0.25) is 0 Å². The van der Waals surface area contributed by atoms with E-state index in [0.717, 1.165) is 27.8 Å². The highest BCUT2D eigenvalue weighted by Gasteiger charge is 2.33. The van der Waals surface area contributed by atoms with E-state index in [0.29, 0.717) is 24.1 Å². The molecule has 130 valence electrons. The number of guanidine groups is 1. The van der Waals surface area contributed by atoms with Gasteiger partial charge in [0.1, 0.15) is 5.01 Å². The Morgan fingerprint density at radius 3 is 2.71 bits per heavy atom. The van der Waals surface area contributed by atoms with Gasteiger partial charge in [-0.15, -0.1) is 11.3 Å². The number of hydrogen-bond acceptors (Lipinski definition) is 3. The number of hydrogen-bond donors (Lipinski definition) is 2. The molecule has 0 spiro atoms. The zero-order chi connectivity index (χ0) is 17.6. The molecular formula is C16H19F3N4S. The van der Waals surface area contributed by atoms with Crippen LogP contribution in [-0.2, 0) is 19.3 Å². The van der Waals surface area contributed by atoms with Crippen LogP contribution in [0.3, 0.4) is 0 Å². The minimum absolute atomic E-state index is 0.195. The number of aliphatic imine (C=N–C) groups is 1. The average molecular weight is 356 g/mol. The van der Waals surface area contributed by atoms with E-state index < -0.39 is 11.9 Å². The summed E-state index contributed by atoms with van der Waals surface area (Å²) in [6, 6.07) is 8.01. The number of aromatic nitrogens is 1. The highest BCUT2D eigenvalue weighted by Crippen LogP contribution is 2.29. The predicted molar refractivity (Wildman–Crippen MR) is 90.0 cm³/mol. The van der Waals surface area contributed by atoms with Gasteiger partial charge in [-0.05, 0) is 19.4 Å². The van der Waals surface area contributed by atoms with Crippen molar-refractivity contribution in [3.8, 4) is 0 Å². The molecule has 24 heavy (non-hydrogen) atoms. The van der Waals surface area contributed by atoms with E-state index in [1.54, 1.807) is 0 Å². The number of benzene rings is 1. The number of nitrogens with one attached hydrogen (secondary N) is 2. The van der Waals surface area contributed by atoms with Crippen molar-refractivity contribution in [2.24, 2.45) is 4.99 Å². The Kier molecular flexibility index (Phi) is 6.19. The highest BCUT2D eigenvalue weighted by atomic mass is 32.1. The fraction of sp³-hybridized carbons (Fsp3) is 0.375. The Labute approximate surface area is 142 Å². The first-order chi connectivity index (χ1) is 11.4. The molecule has 0 bridgehead atoms. The zero-order valence-electron chi connectivity index (χ0n) is 13.4. The maximum absolute atomic E-state index is 12.5. The molecule has 0 aliphatic carbocycles. The average Bonchev–Trinajstić information content (AvgIpc) is 2.99. The molecule has 0 unspecified atom stereocenters. The van der Waals surface area contributed by atoms with Crippen LogP contribution in [0.5, 0.6) is 0 Å². The largest absolute Gasteiger partial charge is 0.434 e. The van der Waals surface area contributed by atoms with E-state index in [1.807, 2.05) is 38.1 Å². The third kappa shape index (κ3) is 5.52. The molecule has 0 saturated heterocycles. The van der Waals surface area contributed by atoms with E-state index in [-0.39, 0.29) is 6.54 Å². The van der Waals surface area contributed by atoms with Crippen molar-refractivity contribution in [2.45, 2.75) is 33.1 Å². The predicted octanol–water partition coefficient (Wildman–Crippen LogP) is 3.73. The first-order valence-electron chi connectivity index (χ1n) is 7.48. The Morgan fingerprint density at radius 2 is 2.08 bits per heavy atom. The monoisotopic (exact) mass is 356 g/mol. The third-order valence-corrected chi connectivity index (χ3v) is 3.94. The molecule has 1 aromatic carbocycles. The summed E-state index contributed by atoms with van der Waals surface area (Å²) in [5.74, 6) is 0.544. The lowest BCUT2D eigenvalue weighted by Crippen LogP contribution is -2.36. The fourth-order valence-electron chi connectivity index (χ4n) is 2.00. The molecule has 0 atom stereocenters. The number of rotatable bonds is 5. The summed E-state index contributed by atoms with van der Waals surface area (Å²) >= 11 is 0.977. The van der Waals surface area contributed by atoms with Crippen LogP contribution >= 0.6 is 11.3 Å². The van der Waals surface area contributed by atoms with Crippen LogP contribution in [0.1, 0.15) is 28.8 Å². The molecule has 0 saturated carbocycles. The van der Waals surface area contributed by atoms with Crippen LogP contribution in [0.25, 0.3) is 0 Å². The molecule has 0 radical (unpaired) electrons. The summed E-state index contributed by atoms with van der Waals surface area (Å²) in [5, 5.41) is 7.46. The van der Waals surface area contributed by atoms with Crippen LogP contribution < -0.4 is 10.6 Å². The van der Waals surface area contributed by atoms with Crippen molar-refractivity contribution in [3.63, 3.8) is 0 Å². The number of thiazole rings is 1. The van der Waals surface area contributed by atoms with Crippen LogP contribution in [0.15, 0.2) is 34.6 Å². The van der Waals surface area contributed by atoms with Gasteiger partial charge in [-0.1, -0.05) is 29.8 Å². The van der Waals surface area contributed by atoms with E-state index in [1.165, 1.54) is 0 Å². The van der Waals surface area contributed by atoms with E-state index in [4.69, 9.17) is 0 Å². The Bertz CT molecular complexity index is 695. The number of nitrogens with zero attached hydrogens (tertiary/aromatic N) is 2. The highest BCUT2D eigenvalue weighted by molar-refractivity contribution is 7.09. The second kappa shape index (κ2) is 8.14. The third-order valence-electron chi connectivity index (χ3n) is 3.10. The molecule has 0 fully saturated rings. The van der Waals surface area contributed by atoms with Gasteiger partial charge in [0.05, 0.1) is 13.1 Å². The van der Waals surface area contributed by atoms with Crippen molar-refractivity contribution < 1.29 is 13.2 Å². The van der Waals surface area contributed by atoms with Gasteiger partial charge >= 0.3 is 6.18 Å². The summed E-state index contributed by atoms with van der Waals surface area (Å²) in [7, 11) is 0. The fourth-order valence-corrected chi connectivity index (χ4v) is 2.74. The second-order valence-electron chi connectivity index (χ2n) is 5.16. The van der Waals surface area contributed by atoms with Crippen LogP contribution in [0.4, 0.5) is 13.2 Å². The number of alkyl halides is 3. The van der Waals surface area contributed by atoms with E-state index >= 15 is 0 Å². The van der Waals surface area contributed by atoms with Crippen molar-refractivity contribution >= 4 is 17.3 Å². The van der Waals surface area contributed by atoms with Crippen LogP contribution in [-0.4, -0.2) is 17.5 Å². The normalized spacial score (nSPS) is 12.3. The molecule has 8 heteroatoms. The van der Waals surface area contributed by atoms with Crippen molar-refractivity contribution in [1.82, 2.24) is 15.6 Å². The van der Waals surface area contributed by atoms with Crippen molar-refractivity contribution in [3.05, 3.63) is 51.5 Å². The van der Waals surface area contributed by atoms with E-state index in [9.17, 15) is 13.2 Å². The van der Waals surface area contributed by atoms with Crippen LogP contribution in [0.2, 0.25) is 0 Å². The van der Waals surface area contributed by atoms with Gasteiger partial charge in [-0.3, -0.25) is 0 Å². The summed E-state index contributed by atoms with van der Waals surface area (Å²) in [6.07, 6.45) is -4.40. The van der Waals surface area contributed by atoms with Gasteiger partial charge in [0.25, 0.3) is 0 Å². The summed E-state index contributed by atoms with van der Waals surface area (Å²) < 4.78 is 37.6. The van der Waals surface area contributed by atoms with Gasteiger partial charge in [-0.25, -0.2) is 9.98 Å². The summed E-state index contributed by atoms with van der Waals surface area (Å²) in [4.78, 5) is 8.04. The minimum Gasteiger partial charge on any atom is -0.357 e. The lowest BCUT2D eigenvalue weighted by molar-refractivity contribution is -0.140. The second-order valence-corrected chi connectivity index (χ2v) is 6.10. The molecule has 0 aliphatic heterocycles. The molecule has 2 rings (SSSR count). The maximum atomic E-state index is 12.5. The lowest BCUT2D eigenvalue weighted by atomic mass is 10.1. The molecule has 2 aromatic rings. The molecule has 1 heterocycles. The van der Waals surface area contributed by atoms with Gasteiger partial charge in [-0.2, -0.15) is 13.2 Å². The number of halogens is 3. The molecular weight excluding hydrogens is 337 g/mol. The first kappa shape index (κ1) is 18.3. The molecule has 1 aromatic heterocycles. The van der Waals surface area contributed by atoms with Crippen LogP contribution in [0, 0.1) is 6.92 Å². The van der Waals surface area contributed by atoms with Gasteiger partial charge in [0, 0.05) is 11.9 Å². The minimum atomic E-state index is -4.40. The van der Waals surface area contributed by atoms with Crippen molar-refractivity contribution in [1.29, 1.82) is 0 Å². The quantitative estimate of drug-likeness (QED) is 0.634. The maximum Gasteiger partial charge on any atom is 0.434 e. The Balaban J connectivity index is 1.98. The Hall–Kier alpha value is -2.09. The van der Waals surface area contributed by atoms with E-state index in [2.05, 4.69) is 20.6 Å². The smallest absolute Gasteiger partial charge is 0.357 e. The lowest BCUT2D eigenvalue weighted by Gasteiger charge is -2.10. The number of aryl methyl sites for hydroxylation is 1. The van der Waals surface area contributed by atoms with Gasteiger partial charge in [0.15, 0.2) is 11.7 Å². The standard InChI is InChI=1S/C16H19F3N4S/c1-3-20-15(21-8-12-6-4-5-11(2)7-12)22-9-14-23-13(10-24-14)16(17,18)19/h4-7,10H,3,8-9H2,1-2H3,(H2,20,21,22). The zero-order valence-corrected chi connectivity index (χ0v) is 14.3. The first-order valence-corrected chi connectivity index (χ1v) is 8.35. The Morgan fingerprint density at radius 1 is 1.29 bits per heavy atom. The topological polar surface area (TPSA) is 49.3 Å². The summed E-state index contributed by atoms with van der Waals surface area (Å²) in [5.41, 5.74) is 1.37. The molecule has 2 N–H and O–H groups in total.